The van der Waals surface area contributed by atoms with Gasteiger partial charge in [0, 0.05) is 5.41 Å². The van der Waals surface area contributed by atoms with Gasteiger partial charge >= 0.3 is 0 Å². The van der Waals surface area contributed by atoms with Gasteiger partial charge in [0.2, 0.25) is 5.91 Å². The maximum atomic E-state index is 12.6. The second kappa shape index (κ2) is 7.54. The lowest BCUT2D eigenvalue weighted by Crippen LogP contribution is -2.63. The molecule has 1 rings (SSSR count). The molecule has 5 atom stereocenters. The van der Waals surface area contributed by atoms with Crippen LogP contribution in [0.3, 0.4) is 0 Å². The Bertz CT molecular complexity index is 347. The maximum absolute atomic E-state index is 12.6. The van der Waals surface area contributed by atoms with Crippen LogP contribution in [-0.2, 0) is 9.53 Å². The van der Waals surface area contributed by atoms with Crippen molar-refractivity contribution in [3.05, 3.63) is 0 Å². The van der Waals surface area contributed by atoms with Gasteiger partial charge in [0.05, 0.1) is 19.3 Å². The van der Waals surface area contributed by atoms with Crippen molar-refractivity contribution in [3.63, 3.8) is 0 Å². The fourth-order valence-electron chi connectivity index (χ4n) is 2.85. The van der Waals surface area contributed by atoms with Crippen LogP contribution in [-0.4, -0.2) is 58.8 Å². The van der Waals surface area contributed by atoms with Gasteiger partial charge in [-0.05, 0) is 18.8 Å². The first-order valence-corrected chi connectivity index (χ1v) is 7.64. The summed E-state index contributed by atoms with van der Waals surface area (Å²) in [4.78, 5) is 12.6. The molecular formula is C15H29NO5. The van der Waals surface area contributed by atoms with Crippen LogP contribution in [0, 0.1) is 11.3 Å². The molecule has 1 aliphatic heterocycles. The first-order valence-electron chi connectivity index (χ1n) is 7.64. The summed E-state index contributed by atoms with van der Waals surface area (Å²) in [6.07, 6.45) is -1.50. The highest BCUT2D eigenvalue weighted by Gasteiger charge is 2.42. The Morgan fingerprint density at radius 3 is 2.52 bits per heavy atom. The molecule has 1 fully saturated rings. The molecule has 0 aromatic carbocycles. The summed E-state index contributed by atoms with van der Waals surface area (Å²) in [5, 5.41) is 31.8. The molecule has 4 N–H and O–H groups in total. The van der Waals surface area contributed by atoms with E-state index >= 15 is 0 Å². The summed E-state index contributed by atoms with van der Waals surface area (Å²) in [6.45, 7) is 7.59. The van der Waals surface area contributed by atoms with Crippen LogP contribution in [0.15, 0.2) is 0 Å². The minimum atomic E-state index is -1.14. The summed E-state index contributed by atoms with van der Waals surface area (Å²) in [5.41, 5.74) is -0.545. The lowest BCUT2D eigenvalue weighted by Gasteiger charge is -2.40. The Morgan fingerprint density at radius 2 is 2.05 bits per heavy atom. The molecule has 0 aromatic heterocycles. The van der Waals surface area contributed by atoms with Crippen LogP contribution in [0.2, 0.25) is 0 Å². The van der Waals surface area contributed by atoms with E-state index in [4.69, 9.17) is 4.74 Å². The van der Waals surface area contributed by atoms with Gasteiger partial charge in [-0.25, -0.2) is 0 Å². The van der Waals surface area contributed by atoms with E-state index in [1.54, 1.807) is 0 Å². The zero-order chi connectivity index (χ0) is 16.2. The third-order valence-corrected chi connectivity index (χ3v) is 4.31. The maximum Gasteiger partial charge on any atom is 0.226 e. The molecule has 1 amide bonds. The van der Waals surface area contributed by atoms with Crippen molar-refractivity contribution in [2.45, 2.75) is 64.9 Å². The fraction of sp³-hybridized carbons (Fsp3) is 0.933. The third kappa shape index (κ3) is 4.39. The Labute approximate surface area is 126 Å². The lowest BCUT2D eigenvalue weighted by molar-refractivity contribution is -0.160. The van der Waals surface area contributed by atoms with E-state index in [-0.39, 0.29) is 19.1 Å². The first kappa shape index (κ1) is 18.4. The Morgan fingerprint density at radius 1 is 1.43 bits per heavy atom. The second-order valence-corrected chi connectivity index (χ2v) is 6.62. The molecule has 124 valence electrons. The van der Waals surface area contributed by atoms with E-state index in [0.717, 1.165) is 6.42 Å². The molecule has 0 aromatic rings. The van der Waals surface area contributed by atoms with Crippen molar-refractivity contribution < 1.29 is 24.9 Å². The Balaban J connectivity index is 2.82. The molecule has 0 bridgehead atoms. The quantitative estimate of drug-likeness (QED) is 0.555. The number of aliphatic hydroxyl groups is 3. The van der Waals surface area contributed by atoms with Gasteiger partial charge in [-0.3, -0.25) is 4.79 Å². The summed E-state index contributed by atoms with van der Waals surface area (Å²) in [5.74, 6) is 0.186. The van der Waals surface area contributed by atoms with E-state index in [2.05, 4.69) is 19.2 Å². The number of carbonyl (C=O) groups excluding carboxylic acids is 1. The highest BCUT2D eigenvalue weighted by Crippen LogP contribution is 2.30. The molecule has 21 heavy (non-hydrogen) atoms. The number of hydrogen-bond donors (Lipinski definition) is 4. The highest BCUT2D eigenvalue weighted by atomic mass is 16.5. The highest BCUT2D eigenvalue weighted by molar-refractivity contribution is 5.82. The molecule has 0 aliphatic carbocycles. The molecule has 0 spiro atoms. The zero-order valence-electron chi connectivity index (χ0n) is 13.4. The van der Waals surface area contributed by atoms with Crippen LogP contribution in [0.4, 0.5) is 0 Å². The summed E-state index contributed by atoms with van der Waals surface area (Å²) < 4.78 is 5.28. The topological polar surface area (TPSA) is 99.0 Å². The minimum absolute atomic E-state index is 0.0458. The van der Waals surface area contributed by atoms with Gasteiger partial charge in [0.25, 0.3) is 0 Å². The number of ether oxygens (including phenoxy) is 1. The molecule has 3 unspecified atom stereocenters. The van der Waals surface area contributed by atoms with Crippen molar-refractivity contribution in [2.24, 2.45) is 11.3 Å². The van der Waals surface area contributed by atoms with Gasteiger partial charge in [0.15, 0.2) is 0 Å². The lowest BCUT2D eigenvalue weighted by atomic mass is 9.78. The average molecular weight is 303 g/mol. The predicted octanol–water partition coefficient (Wildman–Crippen LogP) is 0.0465. The van der Waals surface area contributed by atoms with Gasteiger partial charge in [-0.2, -0.15) is 0 Å². The van der Waals surface area contributed by atoms with Crippen LogP contribution >= 0.6 is 0 Å². The molecule has 0 saturated carbocycles. The smallest absolute Gasteiger partial charge is 0.226 e. The fourth-order valence-corrected chi connectivity index (χ4v) is 2.85. The molecule has 1 saturated heterocycles. The molecule has 1 aliphatic rings. The number of nitrogens with one attached hydrogen (secondary N) is 1. The zero-order valence-corrected chi connectivity index (χ0v) is 13.4. The van der Waals surface area contributed by atoms with Gasteiger partial charge in [-0.1, -0.05) is 27.7 Å². The minimum Gasteiger partial charge on any atom is -0.394 e. The average Bonchev–Trinajstić information content (AvgIpc) is 2.43. The van der Waals surface area contributed by atoms with Crippen molar-refractivity contribution in [1.82, 2.24) is 5.32 Å². The monoisotopic (exact) mass is 303 g/mol. The summed E-state index contributed by atoms with van der Waals surface area (Å²) >= 11 is 0. The summed E-state index contributed by atoms with van der Waals surface area (Å²) in [7, 11) is 0. The molecule has 6 heteroatoms. The molecule has 6 nitrogen and oxygen atoms in total. The van der Waals surface area contributed by atoms with Gasteiger partial charge < -0.3 is 25.4 Å². The number of aliphatic hydroxyl groups excluding tert-OH is 3. The van der Waals surface area contributed by atoms with E-state index in [1.165, 1.54) is 0 Å². The van der Waals surface area contributed by atoms with E-state index < -0.39 is 29.8 Å². The van der Waals surface area contributed by atoms with Crippen molar-refractivity contribution in [1.29, 1.82) is 0 Å². The number of amides is 1. The SMILES string of the molecule is CCC(C)(CC(C)C)C(=O)NC1C(CO)OC[C@@H](O)[C@@H]1O. The standard InChI is InChI=1S/C15H29NO5/c1-5-15(4,6-9(2)3)14(20)16-12-11(7-17)21-8-10(18)13(12)19/h9-13,17-19H,5-8H2,1-4H3,(H,16,20)/t10-,11?,12?,13+,15?/m1/s1. The normalized spacial score (nSPS) is 32.8. The van der Waals surface area contributed by atoms with Crippen molar-refractivity contribution in [3.8, 4) is 0 Å². The molecular weight excluding hydrogens is 274 g/mol. The van der Waals surface area contributed by atoms with Crippen LogP contribution in [0.5, 0.6) is 0 Å². The summed E-state index contributed by atoms with van der Waals surface area (Å²) in [6, 6.07) is -0.802. The van der Waals surface area contributed by atoms with Crippen molar-refractivity contribution >= 4 is 5.91 Å². The second-order valence-electron chi connectivity index (χ2n) is 6.62. The number of hydrogen-bond acceptors (Lipinski definition) is 5. The molecule has 0 radical (unpaired) electrons. The predicted molar refractivity (Wildman–Crippen MR) is 78.6 cm³/mol. The van der Waals surface area contributed by atoms with Crippen LogP contribution < -0.4 is 5.32 Å². The van der Waals surface area contributed by atoms with Crippen LogP contribution in [0.25, 0.3) is 0 Å². The molecule has 1 heterocycles. The first-order chi connectivity index (χ1) is 9.75. The van der Waals surface area contributed by atoms with Crippen LogP contribution in [0.1, 0.15) is 40.5 Å². The van der Waals surface area contributed by atoms with Crippen molar-refractivity contribution in [2.75, 3.05) is 13.2 Å². The number of rotatable bonds is 6. The van der Waals surface area contributed by atoms with Gasteiger partial charge in [-0.15, -0.1) is 0 Å². The van der Waals surface area contributed by atoms with E-state index in [1.807, 2.05) is 13.8 Å². The number of carbonyl (C=O) groups is 1. The van der Waals surface area contributed by atoms with E-state index in [9.17, 15) is 20.1 Å². The Hall–Kier alpha value is -0.690. The third-order valence-electron chi connectivity index (χ3n) is 4.31. The van der Waals surface area contributed by atoms with Gasteiger partial charge in [0.1, 0.15) is 18.3 Å². The van der Waals surface area contributed by atoms with E-state index in [0.29, 0.717) is 12.3 Å². The largest absolute Gasteiger partial charge is 0.394 e. The Kier molecular flexibility index (Phi) is 6.59.